The van der Waals surface area contributed by atoms with Gasteiger partial charge in [0.1, 0.15) is 0 Å². The van der Waals surface area contributed by atoms with Crippen molar-refractivity contribution in [1.82, 2.24) is 0 Å². The summed E-state index contributed by atoms with van der Waals surface area (Å²) in [6.07, 6.45) is 2.63. The topological polar surface area (TPSA) is 37.0 Å². The lowest BCUT2D eigenvalue weighted by atomic mass is 10.2. The molecule has 51 valence electrons. The predicted octanol–water partition coefficient (Wildman–Crippen LogP) is 1.69. The highest BCUT2D eigenvalue weighted by Gasteiger charge is 1.93. The lowest BCUT2D eigenvalue weighted by Gasteiger charge is -1.89. The van der Waals surface area contributed by atoms with Crippen LogP contribution in [0, 0.1) is 0 Å². The quantitative estimate of drug-likeness (QED) is 0.531. The molecule has 0 heterocycles. The lowest BCUT2D eigenvalue weighted by molar-refractivity contribution is -0.142. The molecule has 0 aliphatic rings. The first-order chi connectivity index (χ1) is 4.16. The number of rotatable bonds is 3. The minimum absolute atomic E-state index is 0.0413. The average Bonchev–Trinajstić information content (AvgIpc) is 1.83. The molecule has 0 bridgehead atoms. The Labute approximate surface area is 55.2 Å². The molecule has 0 aromatic rings. The largest absolute Gasteiger partial charge is 0.359 e. The second-order valence-corrected chi connectivity index (χ2v) is 1.98. The summed E-state index contributed by atoms with van der Waals surface area (Å²) < 4.78 is 0. The summed E-state index contributed by atoms with van der Waals surface area (Å²) in [4.78, 5) is 9.86. The summed E-state index contributed by atoms with van der Waals surface area (Å²) in [6, 6.07) is 0. The molecule has 0 N–H and O–H groups in total. The molecule has 0 aliphatic carbocycles. The van der Waals surface area contributed by atoms with E-state index >= 15 is 0 Å². The molecule has 9 heavy (non-hydrogen) atoms. The van der Waals surface area contributed by atoms with E-state index in [4.69, 9.17) is 0 Å². The van der Waals surface area contributed by atoms with Crippen molar-refractivity contribution in [3.63, 3.8) is 0 Å². The third-order valence-corrected chi connectivity index (χ3v) is 1.17. The van der Waals surface area contributed by atoms with Gasteiger partial charge < -0.3 is 0 Å². The standard InChI is InChI=1S/C7H11O2/c1-3-6(2)4-5-7(8)9/h4H,3,5H2,1-2H3/b6-4+. The van der Waals surface area contributed by atoms with Gasteiger partial charge in [0, 0.05) is 0 Å². The minimum Gasteiger partial charge on any atom is -0.247 e. The number of allylic oxidation sites excluding steroid dienone is 1. The Morgan fingerprint density at radius 2 is 2.11 bits per heavy atom. The Hall–Kier alpha value is -0.790. The molecule has 0 amide bonds. The predicted molar refractivity (Wildman–Crippen MR) is 34.4 cm³/mol. The smallest absolute Gasteiger partial charge is 0.247 e. The van der Waals surface area contributed by atoms with Gasteiger partial charge in [0.25, 0.3) is 0 Å². The van der Waals surface area contributed by atoms with Crippen LogP contribution >= 0.6 is 0 Å². The van der Waals surface area contributed by atoms with E-state index in [9.17, 15) is 9.90 Å². The number of carbonyl (C=O) groups is 1. The molecule has 0 aliphatic heterocycles. The summed E-state index contributed by atoms with van der Waals surface area (Å²) in [7, 11) is 0. The molecule has 0 atom stereocenters. The maximum absolute atomic E-state index is 9.86. The average molecular weight is 127 g/mol. The van der Waals surface area contributed by atoms with Gasteiger partial charge in [-0.2, -0.15) is 0 Å². The van der Waals surface area contributed by atoms with Crippen LogP contribution in [0.25, 0.3) is 0 Å². The molecule has 0 spiro atoms. The third-order valence-electron chi connectivity index (χ3n) is 1.17. The summed E-state index contributed by atoms with van der Waals surface area (Å²) in [5.74, 6) is -1.01. The Morgan fingerprint density at radius 3 is 2.44 bits per heavy atom. The van der Waals surface area contributed by atoms with Crippen LogP contribution in [0.3, 0.4) is 0 Å². The molecule has 0 aromatic heterocycles. The molecular weight excluding hydrogens is 116 g/mol. The maximum atomic E-state index is 9.86. The molecule has 2 nitrogen and oxygen atoms in total. The molecule has 0 aromatic carbocycles. The summed E-state index contributed by atoms with van der Waals surface area (Å²) in [5, 5.41) is 9.86. The second-order valence-electron chi connectivity index (χ2n) is 1.98. The molecule has 0 unspecified atom stereocenters. The van der Waals surface area contributed by atoms with E-state index < -0.39 is 5.97 Å². The number of hydrogen-bond donors (Lipinski definition) is 0. The Morgan fingerprint density at radius 1 is 1.56 bits per heavy atom. The molecule has 0 rings (SSSR count). The monoisotopic (exact) mass is 127 g/mol. The van der Waals surface area contributed by atoms with Crippen LogP contribution in [-0.4, -0.2) is 5.97 Å². The van der Waals surface area contributed by atoms with E-state index in [-0.39, 0.29) is 6.42 Å². The lowest BCUT2D eigenvalue weighted by Crippen LogP contribution is -1.88. The second kappa shape index (κ2) is 4.13. The summed E-state index contributed by atoms with van der Waals surface area (Å²) in [5.41, 5.74) is 1.10. The van der Waals surface area contributed by atoms with Gasteiger partial charge in [0.05, 0.1) is 6.42 Å². The van der Waals surface area contributed by atoms with Gasteiger partial charge in [0.15, 0.2) is 0 Å². The first-order valence-corrected chi connectivity index (χ1v) is 3.02. The zero-order valence-corrected chi connectivity index (χ0v) is 5.81. The first-order valence-electron chi connectivity index (χ1n) is 3.02. The van der Waals surface area contributed by atoms with E-state index in [2.05, 4.69) is 0 Å². The van der Waals surface area contributed by atoms with Crippen LogP contribution in [0.5, 0.6) is 0 Å². The van der Waals surface area contributed by atoms with Gasteiger partial charge in [-0.3, -0.25) is 0 Å². The van der Waals surface area contributed by atoms with Gasteiger partial charge in [-0.1, -0.05) is 18.6 Å². The van der Waals surface area contributed by atoms with Crippen LogP contribution in [0.15, 0.2) is 11.6 Å². The Balaban J connectivity index is 3.56. The van der Waals surface area contributed by atoms with Gasteiger partial charge in [0.2, 0.25) is 0 Å². The Kier molecular flexibility index (Phi) is 3.76. The van der Waals surface area contributed by atoms with Crippen LogP contribution in [0.2, 0.25) is 0 Å². The highest BCUT2D eigenvalue weighted by atomic mass is 16.4. The fourth-order valence-electron chi connectivity index (χ4n) is 0.402. The molecule has 1 radical (unpaired) electrons. The van der Waals surface area contributed by atoms with E-state index in [1.165, 1.54) is 0 Å². The van der Waals surface area contributed by atoms with Gasteiger partial charge in [-0.05, 0) is 13.3 Å². The fourth-order valence-corrected chi connectivity index (χ4v) is 0.402. The molecule has 2 heteroatoms. The SMILES string of the molecule is CC/C(C)=C/CC([O])=O. The van der Waals surface area contributed by atoms with Crippen molar-refractivity contribution in [2.24, 2.45) is 0 Å². The van der Waals surface area contributed by atoms with E-state index in [0.717, 1.165) is 12.0 Å². The van der Waals surface area contributed by atoms with Crippen molar-refractivity contribution in [1.29, 1.82) is 0 Å². The van der Waals surface area contributed by atoms with Crippen molar-refractivity contribution in [2.45, 2.75) is 26.7 Å². The van der Waals surface area contributed by atoms with Crippen LogP contribution in [-0.2, 0) is 9.90 Å². The zero-order chi connectivity index (χ0) is 7.28. The molecule has 0 fully saturated rings. The summed E-state index contributed by atoms with van der Waals surface area (Å²) in [6.45, 7) is 3.89. The van der Waals surface area contributed by atoms with Crippen LogP contribution < -0.4 is 0 Å². The van der Waals surface area contributed by atoms with Crippen molar-refractivity contribution >= 4 is 5.97 Å². The fraction of sp³-hybridized carbons (Fsp3) is 0.571. The third kappa shape index (κ3) is 5.07. The minimum atomic E-state index is -1.01. The van der Waals surface area contributed by atoms with Gasteiger partial charge in [-0.25, -0.2) is 9.90 Å². The van der Waals surface area contributed by atoms with Crippen molar-refractivity contribution in [3.8, 4) is 0 Å². The van der Waals surface area contributed by atoms with Crippen molar-refractivity contribution < 1.29 is 9.90 Å². The first kappa shape index (κ1) is 8.21. The number of carbonyl (C=O) groups excluding carboxylic acids is 1. The zero-order valence-electron chi connectivity index (χ0n) is 5.81. The highest BCUT2D eigenvalue weighted by Crippen LogP contribution is 1.98. The molecule has 0 saturated carbocycles. The summed E-state index contributed by atoms with van der Waals surface area (Å²) >= 11 is 0. The normalized spacial score (nSPS) is 11.6. The van der Waals surface area contributed by atoms with Gasteiger partial charge >= 0.3 is 5.97 Å². The molecule has 0 saturated heterocycles. The number of hydrogen-bond acceptors (Lipinski definition) is 1. The van der Waals surface area contributed by atoms with E-state index in [1.54, 1.807) is 6.08 Å². The maximum Gasteiger partial charge on any atom is 0.359 e. The highest BCUT2D eigenvalue weighted by molar-refractivity contribution is 5.68. The van der Waals surface area contributed by atoms with Crippen molar-refractivity contribution in [2.75, 3.05) is 0 Å². The molecular formula is C7H11O2. The van der Waals surface area contributed by atoms with E-state index in [0.29, 0.717) is 0 Å². The van der Waals surface area contributed by atoms with E-state index in [1.807, 2.05) is 13.8 Å². The van der Waals surface area contributed by atoms with Crippen molar-refractivity contribution in [3.05, 3.63) is 11.6 Å². The van der Waals surface area contributed by atoms with Crippen LogP contribution in [0.4, 0.5) is 0 Å². The Bertz CT molecular complexity index is 125. The van der Waals surface area contributed by atoms with Crippen LogP contribution in [0.1, 0.15) is 26.7 Å². The van der Waals surface area contributed by atoms with Gasteiger partial charge in [-0.15, -0.1) is 0 Å².